The average Bonchev–Trinajstić information content (AvgIpc) is 2.38. The van der Waals surface area contributed by atoms with E-state index >= 15 is 0 Å². The Kier molecular flexibility index (Phi) is 3.76. The van der Waals surface area contributed by atoms with Crippen molar-refractivity contribution in [1.29, 1.82) is 0 Å². The third-order valence-electron chi connectivity index (χ3n) is 2.40. The molecule has 5 nitrogen and oxygen atoms in total. The molecule has 0 saturated carbocycles. The van der Waals surface area contributed by atoms with Crippen molar-refractivity contribution >= 4 is 11.6 Å². The molecule has 0 unspecified atom stereocenters. The number of nitrogens with zero attached hydrogens (tertiary/aromatic N) is 2. The lowest BCUT2D eigenvalue weighted by Crippen LogP contribution is -2.26. The Hall–Kier alpha value is -2.11. The average molecular weight is 252 g/mol. The van der Waals surface area contributed by atoms with Gasteiger partial charge in [-0.05, 0) is 23.7 Å². The van der Waals surface area contributed by atoms with Gasteiger partial charge in [0, 0.05) is 5.56 Å². The highest BCUT2D eigenvalue weighted by Gasteiger charge is 2.23. The first-order chi connectivity index (χ1) is 8.74. The van der Waals surface area contributed by atoms with Gasteiger partial charge in [-0.15, -0.1) is 0 Å². The predicted octanol–water partition coefficient (Wildman–Crippen LogP) is 1.84. The van der Waals surface area contributed by atoms with E-state index in [1.54, 1.807) is 19.1 Å². The minimum absolute atomic E-state index is 0.122. The van der Waals surface area contributed by atoms with E-state index in [1.165, 1.54) is 13.2 Å². The lowest BCUT2D eigenvalue weighted by molar-refractivity contribution is 0.0672. The minimum atomic E-state index is -0.414. The number of benzene rings is 1. The van der Waals surface area contributed by atoms with Gasteiger partial charge < -0.3 is 14.4 Å². The number of halogens is 1. The van der Waals surface area contributed by atoms with E-state index < -0.39 is 5.82 Å². The number of hydrogen-bond donors (Lipinski definition) is 0. The van der Waals surface area contributed by atoms with Crippen molar-refractivity contribution in [1.82, 2.24) is 0 Å². The van der Waals surface area contributed by atoms with Gasteiger partial charge in [0.25, 0.3) is 5.90 Å². The molecule has 1 heterocycles. The van der Waals surface area contributed by atoms with E-state index in [1.807, 2.05) is 0 Å². The molecule has 1 aromatic carbocycles. The molecule has 6 heteroatoms. The monoisotopic (exact) mass is 252 g/mol. The fourth-order valence-electron chi connectivity index (χ4n) is 1.63. The zero-order valence-electron chi connectivity index (χ0n) is 10.1. The number of hydrogen-bond acceptors (Lipinski definition) is 5. The fourth-order valence-corrected chi connectivity index (χ4v) is 1.63. The van der Waals surface area contributed by atoms with Crippen LogP contribution < -0.4 is 0 Å². The van der Waals surface area contributed by atoms with Crippen molar-refractivity contribution in [3.8, 4) is 0 Å². The summed E-state index contributed by atoms with van der Waals surface area (Å²) < 4.78 is 19.2. The lowest BCUT2D eigenvalue weighted by Gasteiger charge is -2.16. The van der Waals surface area contributed by atoms with Crippen molar-refractivity contribution in [2.45, 2.75) is 6.92 Å². The van der Waals surface area contributed by atoms with E-state index in [9.17, 15) is 4.39 Å². The first-order valence-electron chi connectivity index (χ1n) is 5.44. The van der Waals surface area contributed by atoms with Gasteiger partial charge in [-0.3, -0.25) is 0 Å². The van der Waals surface area contributed by atoms with Crippen molar-refractivity contribution < 1.29 is 18.8 Å². The Labute approximate surface area is 104 Å². The van der Waals surface area contributed by atoms with Gasteiger partial charge in [0.05, 0.1) is 0 Å². The summed E-state index contributed by atoms with van der Waals surface area (Å²) in [6, 6.07) is 4.74. The van der Waals surface area contributed by atoms with Crippen LogP contribution in [0.4, 0.5) is 4.39 Å². The summed E-state index contributed by atoms with van der Waals surface area (Å²) >= 11 is 0. The van der Waals surface area contributed by atoms with Crippen LogP contribution in [0.15, 0.2) is 28.5 Å². The quantitative estimate of drug-likeness (QED) is 0.609. The summed E-state index contributed by atoms with van der Waals surface area (Å²) in [5.41, 5.74) is 1.19. The Morgan fingerprint density at radius 3 is 2.89 bits per heavy atom. The zero-order valence-corrected chi connectivity index (χ0v) is 10.1. The van der Waals surface area contributed by atoms with E-state index in [-0.39, 0.29) is 11.6 Å². The molecule has 0 aromatic heterocycles. The molecule has 96 valence electrons. The highest BCUT2D eigenvalue weighted by molar-refractivity contribution is 6.45. The van der Waals surface area contributed by atoms with Gasteiger partial charge in [-0.25, -0.2) is 4.39 Å². The second kappa shape index (κ2) is 5.48. The fraction of sp³-hybridized carbons (Fsp3) is 0.333. The van der Waals surface area contributed by atoms with Crippen LogP contribution in [0.5, 0.6) is 0 Å². The van der Waals surface area contributed by atoms with Gasteiger partial charge in [-0.1, -0.05) is 17.3 Å². The SMILES string of the molecule is CO/N=C(/C1=NOCCO1)c1c(C)cccc1F. The highest BCUT2D eigenvalue weighted by Crippen LogP contribution is 2.16. The van der Waals surface area contributed by atoms with Crippen LogP contribution in [0, 0.1) is 12.7 Å². The molecule has 0 spiro atoms. The maximum absolute atomic E-state index is 13.9. The van der Waals surface area contributed by atoms with E-state index in [2.05, 4.69) is 10.3 Å². The Bertz CT molecular complexity index is 480. The smallest absolute Gasteiger partial charge is 0.280 e. The Morgan fingerprint density at radius 2 is 2.28 bits per heavy atom. The molecule has 0 radical (unpaired) electrons. The van der Waals surface area contributed by atoms with Crippen LogP contribution in [-0.4, -0.2) is 31.9 Å². The van der Waals surface area contributed by atoms with Gasteiger partial charge in [0.1, 0.15) is 19.5 Å². The Morgan fingerprint density at radius 1 is 1.44 bits per heavy atom. The molecule has 1 aliphatic rings. The zero-order chi connectivity index (χ0) is 13.0. The molecule has 18 heavy (non-hydrogen) atoms. The minimum Gasteiger partial charge on any atom is -0.470 e. The summed E-state index contributed by atoms with van der Waals surface area (Å²) in [5, 5.41) is 7.50. The van der Waals surface area contributed by atoms with Crippen molar-refractivity contribution in [3.63, 3.8) is 0 Å². The molecule has 0 amide bonds. The highest BCUT2D eigenvalue weighted by atomic mass is 19.1. The first-order valence-corrected chi connectivity index (χ1v) is 5.44. The second-order valence-corrected chi connectivity index (χ2v) is 3.63. The number of aryl methyl sites for hydroxylation is 1. The first kappa shape index (κ1) is 12.3. The molecule has 0 atom stereocenters. The third-order valence-corrected chi connectivity index (χ3v) is 2.40. The van der Waals surface area contributed by atoms with Crippen LogP contribution in [0.2, 0.25) is 0 Å². The second-order valence-electron chi connectivity index (χ2n) is 3.63. The molecular weight excluding hydrogens is 239 g/mol. The standard InChI is InChI=1S/C12H13FN2O3/c1-8-4-3-5-9(13)10(8)11(14-16-2)12-15-18-7-6-17-12/h3-5H,6-7H2,1-2H3/b14-11+. The van der Waals surface area contributed by atoms with Crippen LogP contribution in [-0.2, 0) is 14.4 Å². The molecule has 1 aromatic rings. The molecule has 1 aliphatic heterocycles. The van der Waals surface area contributed by atoms with Crippen LogP contribution in [0.25, 0.3) is 0 Å². The topological polar surface area (TPSA) is 52.4 Å². The molecule has 0 aliphatic carbocycles. The van der Waals surface area contributed by atoms with Crippen LogP contribution >= 0.6 is 0 Å². The normalized spacial score (nSPS) is 15.5. The third kappa shape index (κ3) is 2.42. The van der Waals surface area contributed by atoms with Crippen molar-refractivity contribution in [2.24, 2.45) is 10.3 Å². The van der Waals surface area contributed by atoms with Gasteiger partial charge in [0.15, 0.2) is 12.3 Å². The molecular formula is C12H13FN2O3. The summed E-state index contributed by atoms with van der Waals surface area (Å²) in [6.07, 6.45) is 0. The van der Waals surface area contributed by atoms with Crippen molar-refractivity contribution in [3.05, 3.63) is 35.1 Å². The molecule has 0 fully saturated rings. The number of ether oxygens (including phenoxy) is 1. The van der Waals surface area contributed by atoms with Gasteiger partial charge >= 0.3 is 0 Å². The summed E-state index contributed by atoms with van der Waals surface area (Å²) in [4.78, 5) is 9.64. The molecule has 2 rings (SSSR count). The molecule has 0 saturated heterocycles. The van der Waals surface area contributed by atoms with Gasteiger partial charge in [-0.2, -0.15) is 0 Å². The van der Waals surface area contributed by atoms with E-state index in [4.69, 9.17) is 14.4 Å². The van der Waals surface area contributed by atoms with Crippen LogP contribution in [0.3, 0.4) is 0 Å². The number of oxime groups is 2. The van der Waals surface area contributed by atoms with E-state index in [0.717, 1.165) is 0 Å². The lowest BCUT2D eigenvalue weighted by atomic mass is 10.0. The largest absolute Gasteiger partial charge is 0.470 e. The van der Waals surface area contributed by atoms with Crippen molar-refractivity contribution in [2.75, 3.05) is 20.3 Å². The van der Waals surface area contributed by atoms with Crippen LogP contribution in [0.1, 0.15) is 11.1 Å². The summed E-state index contributed by atoms with van der Waals surface area (Å²) in [7, 11) is 1.38. The Balaban J connectivity index is 2.48. The summed E-state index contributed by atoms with van der Waals surface area (Å²) in [6.45, 7) is 2.48. The molecule has 0 bridgehead atoms. The predicted molar refractivity (Wildman–Crippen MR) is 64.0 cm³/mol. The van der Waals surface area contributed by atoms with E-state index in [0.29, 0.717) is 24.3 Å². The maximum atomic E-state index is 13.9. The number of rotatable bonds is 3. The summed E-state index contributed by atoms with van der Waals surface area (Å²) in [5.74, 6) is -0.293. The maximum Gasteiger partial charge on any atom is 0.280 e. The van der Waals surface area contributed by atoms with Gasteiger partial charge in [0.2, 0.25) is 0 Å². The molecule has 0 N–H and O–H groups in total.